The lowest BCUT2D eigenvalue weighted by molar-refractivity contribution is 0.0617. The highest BCUT2D eigenvalue weighted by Gasteiger charge is 2.22. The number of benzene rings is 1. The monoisotopic (exact) mass is 331 g/mol. The zero-order valence-corrected chi connectivity index (χ0v) is 14.8. The van der Waals surface area contributed by atoms with Crippen molar-refractivity contribution in [3.63, 3.8) is 0 Å². The van der Waals surface area contributed by atoms with Crippen LogP contribution in [0.25, 0.3) is 0 Å². The van der Waals surface area contributed by atoms with E-state index in [4.69, 9.17) is 0 Å². The first kappa shape index (κ1) is 17.5. The van der Waals surface area contributed by atoms with Crippen molar-refractivity contribution < 1.29 is 5.11 Å². The van der Waals surface area contributed by atoms with Gasteiger partial charge >= 0.3 is 0 Å². The van der Waals surface area contributed by atoms with Gasteiger partial charge in [-0.25, -0.2) is 4.99 Å². The molecule has 1 unspecified atom stereocenters. The number of rotatable bonds is 6. The van der Waals surface area contributed by atoms with Crippen molar-refractivity contribution in [2.75, 3.05) is 13.1 Å². The number of nitrogens with one attached hydrogen (secondary N) is 2. The largest absolute Gasteiger partial charge is 0.384 e. The standard InChI is InChI=1S/C18H25N3OS/c1-4-19-17(20-12-16-11-10-14(2)23-16)21-13-18(3,22)15-8-6-5-7-9-15/h5-11,22H,4,12-13H2,1-3H3,(H2,19,20,21). The third-order valence-corrected chi connectivity index (χ3v) is 4.51. The Morgan fingerprint density at radius 1 is 1.17 bits per heavy atom. The summed E-state index contributed by atoms with van der Waals surface area (Å²) >= 11 is 1.76. The number of thiophene rings is 1. The van der Waals surface area contributed by atoms with Crippen molar-refractivity contribution in [3.05, 3.63) is 57.8 Å². The van der Waals surface area contributed by atoms with Crippen molar-refractivity contribution in [1.29, 1.82) is 0 Å². The predicted octanol–water partition coefficient (Wildman–Crippen LogP) is 3.02. The third-order valence-electron chi connectivity index (χ3n) is 3.53. The van der Waals surface area contributed by atoms with Gasteiger partial charge in [-0.3, -0.25) is 0 Å². The van der Waals surface area contributed by atoms with Crippen LogP contribution in [-0.4, -0.2) is 24.2 Å². The maximum Gasteiger partial charge on any atom is 0.191 e. The molecule has 0 aliphatic rings. The van der Waals surface area contributed by atoms with E-state index in [9.17, 15) is 5.11 Å². The second kappa shape index (κ2) is 8.13. The van der Waals surface area contributed by atoms with Crippen LogP contribution in [0.15, 0.2) is 47.5 Å². The lowest BCUT2D eigenvalue weighted by Crippen LogP contribution is -2.44. The quantitative estimate of drug-likeness (QED) is 0.563. The molecule has 1 aromatic heterocycles. The summed E-state index contributed by atoms with van der Waals surface area (Å²) in [6.07, 6.45) is 0. The summed E-state index contributed by atoms with van der Waals surface area (Å²) in [6.45, 7) is 7.75. The molecule has 0 spiro atoms. The Morgan fingerprint density at radius 3 is 2.52 bits per heavy atom. The number of guanidine groups is 1. The molecule has 3 N–H and O–H groups in total. The Labute approximate surface area is 142 Å². The molecule has 5 heteroatoms. The van der Waals surface area contributed by atoms with Gasteiger partial charge in [-0.15, -0.1) is 11.3 Å². The summed E-state index contributed by atoms with van der Waals surface area (Å²) < 4.78 is 0. The van der Waals surface area contributed by atoms with Crippen LogP contribution in [0.2, 0.25) is 0 Å². The van der Waals surface area contributed by atoms with Crippen molar-refractivity contribution in [1.82, 2.24) is 10.6 Å². The molecular formula is C18H25N3OS. The molecule has 0 radical (unpaired) electrons. The summed E-state index contributed by atoms with van der Waals surface area (Å²) in [4.78, 5) is 7.11. The second-order valence-electron chi connectivity index (χ2n) is 5.70. The highest BCUT2D eigenvalue weighted by molar-refractivity contribution is 7.11. The van der Waals surface area contributed by atoms with Crippen molar-refractivity contribution in [3.8, 4) is 0 Å². The molecule has 0 fully saturated rings. The third kappa shape index (κ3) is 5.37. The predicted molar refractivity (Wildman–Crippen MR) is 97.9 cm³/mol. The fourth-order valence-corrected chi connectivity index (χ4v) is 3.04. The van der Waals surface area contributed by atoms with E-state index in [0.29, 0.717) is 13.1 Å². The molecular weight excluding hydrogens is 306 g/mol. The number of hydrogen-bond acceptors (Lipinski definition) is 3. The van der Waals surface area contributed by atoms with Gasteiger partial charge in [0.25, 0.3) is 0 Å². The average Bonchev–Trinajstić information content (AvgIpc) is 2.96. The van der Waals surface area contributed by atoms with E-state index < -0.39 is 5.60 Å². The number of nitrogens with zero attached hydrogens (tertiary/aromatic N) is 1. The molecule has 1 heterocycles. The van der Waals surface area contributed by atoms with Crippen LogP contribution in [0, 0.1) is 6.92 Å². The van der Waals surface area contributed by atoms with Crippen LogP contribution >= 0.6 is 11.3 Å². The van der Waals surface area contributed by atoms with E-state index in [1.54, 1.807) is 11.3 Å². The molecule has 1 aromatic carbocycles. The van der Waals surface area contributed by atoms with Crippen molar-refractivity contribution >= 4 is 17.3 Å². The van der Waals surface area contributed by atoms with E-state index in [1.165, 1.54) is 9.75 Å². The number of aryl methyl sites for hydroxylation is 1. The summed E-state index contributed by atoms with van der Waals surface area (Å²) in [5.41, 5.74) is -0.0611. The molecule has 0 aliphatic heterocycles. The smallest absolute Gasteiger partial charge is 0.191 e. The summed E-state index contributed by atoms with van der Waals surface area (Å²) in [5.74, 6) is 0.717. The molecule has 23 heavy (non-hydrogen) atoms. The molecule has 2 aromatic rings. The maximum atomic E-state index is 10.6. The lowest BCUT2D eigenvalue weighted by atomic mass is 9.96. The molecule has 0 amide bonds. The topological polar surface area (TPSA) is 56.7 Å². The second-order valence-corrected chi connectivity index (χ2v) is 7.07. The normalized spacial score (nSPS) is 14.3. The fraction of sp³-hybridized carbons (Fsp3) is 0.389. The van der Waals surface area contributed by atoms with Gasteiger partial charge in [-0.05, 0) is 38.5 Å². The van der Waals surface area contributed by atoms with Gasteiger partial charge in [-0.1, -0.05) is 30.3 Å². The van der Waals surface area contributed by atoms with Crippen molar-refractivity contribution in [2.45, 2.75) is 32.9 Å². The average molecular weight is 331 g/mol. The lowest BCUT2D eigenvalue weighted by Gasteiger charge is -2.25. The number of aliphatic imine (C=N–C) groups is 1. The van der Waals surface area contributed by atoms with E-state index in [0.717, 1.165) is 18.1 Å². The van der Waals surface area contributed by atoms with Gasteiger partial charge in [0.2, 0.25) is 0 Å². The Balaban J connectivity index is 1.98. The highest BCUT2D eigenvalue weighted by Crippen LogP contribution is 2.19. The summed E-state index contributed by atoms with van der Waals surface area (Å²) in [7, 11) is 0. The van der Waals surface area contributed by atoms with E-state index in [2.05, 4.69) is 34.7 Å². The van der Waals surface area contributed by atoms with E-state index in [-0.39, 0.29) is 0 Å². The first-order valence-corrected chi connectivity index (χ1v) is 8.68. The Morgan fingerprint density at radius 2 is 1.91 bits per heavy atom. The Hall–Kier alpha value is -1.85. The van der Waals surface area contributed by atoms with Crippen LogP contribution in [0.3, 0.4) is 0 Å². The first-order chi connectivity index (χ1) is 11.0. The van der Waals surface area contributed by atoms with Crippen LogP contribution in [0.5, 0.6) is 0 Å². The van der Waals surface area contributed by atoms with Crippen LogP contribution < -0.4 is 10.6 Å². The van der Waals surface area contributed by atoms with Crippen LogP contribution in [0.4, 0.5) is 0 Å². The minimum absolute atomic E-state index is 0.395. The van der Waals surface area contributed by atoms with Gasteiger partial charge in [0.1, 0.15) is 5.60 Å². The molecule has 4 nitrogen and oxygen atoms in total. The highest BCUT2D eigenvalue weighted by atomic mass is 32.1. The van der Waals surface area contributed by atoms with E-state index in [1.807, 2.05) is 44.2 Å². The van der Waals surface area contributed by atoms with Gasteiger partial charge in [-0.2, -0.15) is 0 Å². The van der Waals surface area contributed by atoms with E-state index >= 15 is 0 Å². The number of aliphatic hydroxyl groups is 1. The zero-order valence-electron chi connectivity index (χ0n) is 14.0. The molecule has 1 atom stereocenters. The summed E-state index contributed by atoms with van der Waals surface area (Å²) in [5, 5.41) is 17.1. The Bertz CT molecular complexity index is 635. The van der Waals surface area contributed by atoms with Crippen LogP contribution in [0.1, 0.15) is 29.2 Å². The molecule has 0 bridgehead atoms. The molecule has 0 saturated carbocycles. The summed E-state index contributed by atoms with van der Waals surface area (Å²) in [6, 6.07) is 13.9. The van der Waals surface area contributed by atoms with Gasteiger partial charge in [0.05, 0.1) is 13.1 Å². The van der Waals surface area contributed by atoms with Gasteiger partial charge < -0.3 is 15.7 Å². The Kier molecular flexibility index (Phi) is 6.19. The minimum atomic E-state index is -0.947. The molecule has 0 aliphatic carbocycles. The minimum Gasteiger partial charge on any atom is -0.384 e. The van der Waals surface area contributed by atoms with Crippen LogP contribution in [-0.2, 0) is 12.1 Å². The SMILES string of the molecule is CCNC(=NCc1ccc(C)s1)NCC(C)(O)c1ccccc1. The maximum absolute atomic E-state index is 10.6. The molecule has 2 rings (SSSR count). The number of hydrogen-bond donors (Lipinski definition) is 3. The fourth-order valence-electron chi connectivity index (χ4n) is 2.22. The van der Waals surface area contributed by atoms with Gasteiger partial charge in [0.15, 0.2) is 5.96 Å². The van der Waals surface area contributed by atoms with Crippen molar-refractivity contribution in [2.24, 2.45) is 4.99 Å². The van der Waals surface area contributed by atoms with Gasteiger partial charge in [0, 0.05) is 16.3 Å². The molecule has 0 saturated heterocycles. The first-order valence-electron chi connectivity index (χ1n) is 7.86. The zero-order chi connectivity index (χ0) is 16.7. The molecule has 124 valence electrons.